The van der Waals surface area contributed by atoms with Crippen LogP contribution in [0.15, 0.2) is 0 Å². The Kier molecular flexibility index (Phi) is 14.0. The molecule has 6 nitrogen and oxygen atoms in total. The van der Waals surface area contributed by atoms with E-state index in [1.807, 2.05) is 34.6 Å². The first-order chi connectivity index (χ1) is 10.9. The van der Waals surface area contributed by atoms with Crippen LogP contribution >= 0.6 is 0 Å². The predicted molar refractivity (Wildman–Crippen MR) is 89.8 cm³/mol. The Hall–Kier alpha value is -0.240. The van der Waals surface area contributed by atoms with Gasteiger partial charge in [0.05, 0.1) is 63.6 Å². The van der Waals surface area contributed by atoms with Crippen molar-refractivity contribution < 1.29 is 28.8 Å². The number of ether oxygens (including phenoxy) is 5. The van der Waals surface area contributed by atoms with E-state index in [1.54, 1.807) is 7.11 Å². The van der Waals surface area contributed by atoms with E-state index in [9.17, 15) is 5.11 Å². The Labute approximate surface area is 141 Å². The first-order valence-electron chi connectivity index (χ1n) is 8.52. The van der Waals surface area contributed by atoms with Gasteiger partial charge in [-0.25, -0.2) is 0 Å². The highest BCUT2D eigenvalue weighted by Crippen LogP contribution is 2.03. The molecule has 0 aromatic carbocycles. The summed E-state index contributed by atoms with van der Waals surface area (Å²) in [5.41, 5.74) is 0. The fourth-order valence-corrected chi connectivity index (χ4v) is 1.72. The highest BCUT2D eigenvalue weighted by atomic mass is 16.6. The molecule has 0 fully saturated rings. The van der Waals surface area contributed by atoms with Crippen molar-refractivity contribution in [3.05, 3.63) is 0 Å². The summed E-state index contributed by atoms with van der Waals surface area (Å²) < 4.78 is 27.5. The fraction of sp³-hybridized carbons (Fsp3) is 1.00. The van der Waals surface area contributed by atoms with Crippen molar-refractivity contribution >= 4 is 0 Å². The zero-order chi connectivity index (χ0) is 17.7. The van der Waals surface area contributed by atoms with Gasteiger partial charge in [-0.1, -0.05) is 6.92 Å². The zero-order valence-electron chi connectivity index (χ0n) is 15.6. The summed E-state index contributed by atoms with van der Waals surface area (Å²) in [7, 11) is 1.66. The summed E-state index contributed by atoms with van der Waals surface area (Å²) in [6.45, 7) is 12.2. The fourth-order valence-electron chi connectivity index (χ4n) is 1.72. The Morgan fingerprint density at radius 2 is 1.00 bits per heavy atom. The van der Waals surface area contributed by atoms with Gasteiger partial charge in [0.15, 0.2) is 0 Å². The average Bonchev–Trinajstić information content (AvgIpc) is 2.54. The molecule has 0 saturated carbocycles. The Bertz CT molecular complexity index is 263. The molecule has 0 radical (unpaired) electrons. The lowest BCUT2D eigenvalue weighted by molar-refractivity contribution is -0.0955. The van der Waals surface area contributed by atoms with Crippen LogP contribution in [-0.4, -0.2) is 75.8 Å². The Balaban J connectivity index is 3.67. The quantitative estimate of drug-likeness (QED) is 0.493. The normalized spacial score (nSPS) is 18.4. The second-order valence-electron chi connectivity index (χ2n) is 6.09. The molecule has 0 saturated heterocycles. The van der Waals surface area contributed by atoms with Crippen LogP contribution < -0.4 is 0 Å². The standard InChI is InChI=1S/C17H36O6/c1-7-17(18)12-23-16(5)11-22-15(4)10-21-14(3)9-20-13(2)8-19-6/h13-18H,7-12H2,1-6H3. The monoisotopic (exact) mass is 336 g/mol. The molecule has 0 heterocycles. The topological polar surface area (TPSA) is 66.4 Å². The van der Waals surface area contributed by atoms with Gasteiger partial charge in [-0.15, -0.1) is 0 Å². The van der Waals surface area contributed by atoms with E-state index in [2.05, 4.69) is 0 Å². The van der Waals surface area contributed by atoms with Crippen LogP contribution in [0, 0.1) is 0 Å². The second kappa shape index (κ2) is 14.1. The lowest BCUT2D eigenvalue weighted by Crippen LogP contribution is -2.29. The van der Waals surface area contributed by atoms with Gasteiger partial charge in [0.2, 0.25) is 0 Å². The molecule has 0 aliphatic carbocycles. The van der Waals surface area contributed by atoms with Crippen molar-refractivity contribution in [1.82, 2.24) is 0 Å². The van der Waals surface area contributed by atoms with Crippen LogP contribution in [0.25, 0.3) is 0 Å². The van der Waals surface area contributed by atoms with E-state index in [4.69, 9.17) is 23.7 Å². The number of aliphatic hydroxyl groups is 1. The molecular formula is C17H36O6. The Morgan fingerprint density at radius 1 is 0.652 bits per heavy atom. The highest BCUT2D eigenvalue weighted by molar-refractivity contribution is 4.57. The lowest BCUT2D eigenvalue weighted by atomic mass is 10.3. The molecule has 140 valence electrons. The summed E-state index contributed by atoms with van der Waals surface area (Å²) in [5, 5.41) is 9.45. The van der Waals surface area contributed by atoms with Crippen molar-refractivity contribution in [2.45, 2.75) is 71.6 Å². The Morgan fingerprint density at radius 3 is 1.35 bits per heavy atom. The van der Waals surface area contributed by atoms with E-state index in [-0.39, 0.29) is 24.4 Å². The molecule has 0 rings (SSSR count). The molecule has 0 bridgehead atoms. The van der Waals surface area contributed by atoms with Crippen LogP contribution in [-0.2, 0) is 23.7 Å². The highest BCUT2D eigenvalue weighted by Gasteiger charge is 2.12. The number of hydrogen-bond donors (Lipinski definition) is 1. The molecule has 6 heteroatoms. The summed E-state index contributed by atoms with van der Waals surface area (Å²) >= 11 is 0. The summed E-state index contributed by atoms with van der Waals surface area (Å²) in [4.78, 5) is 0. The van der Waals surface area contributed by atoms with E-state index in [0.717, 1.165) is 0 Å². The van der Waals surface area contributed by atoms with Crippen LogP contribution in [0.1, 0.15) is 41.0 Å². The number of aliphatic hydroxyl groups excluding tert-OH is 1. The minimum atomic E-state index is -0.403. The van der Waals surface area contributed by atoms with E-state index in [1.165, 1.54) is 0 Å². The van der Waals surface area contributed by atoms with E-state index >= 15 is 0 Å². The summed E-state index contributed by atoms with van der Waals surface area (Å²) in [5.74, 6) is 0. The maximum absolute atomic E-state index is 9.45. The van der Waals surface area contributed by atoms with Gasteiger partial charge in [-0.05, 0) is 34.1 Å². The SMILES string of the molecule is CCC(O)COC(C)COC(C)COC(C)COC(C)COC. The first-order valence-corrected chi connectivity index (χ1v) is 8.52. The molecule has 0 aliphatic heterocycles. The minimum absolute atomic E-state index is 0.00808. The van der Waals surface area contributed by atoms with Crippen LogP contribution in [0.2, 0.25) is 0 Å². The van der Waals surface area contributed by atoms with E-state index in [0.29, 0.717) is 39.5 Å². The molecule has 0 spiro atoms. The second-order valence-corrected chi connectivity index (χ2v) is 6.09. The third-order valence-corrected chi connectivity index (χ3v) is 3.29. The largest absolute Gasteiger partial charge is 0.391 e. The van der Waals surface area contributed by atoms with Gasteiger partial charge in [0.1, 0.15) is 0 Å². The minimum Gasteiger partial charge on any atom is -0.391 e. The molecule has 0 aliphatic rings. The van der Waals surface area contributed by atoms with Gasteiger partial charge < -0.3 is 28.8 Å². The van der Waals surface area contributed by atoms with Gasteiger partial charge in [-0.2, -0.15) is 0 Å². The summed E-state index contributed by atoms with van der Waals surface area (Å²) in [6, 6.07) is 0. The van der Waals surface area contributed by atoms with Crippen LogP contribution in [0.4, 0.5) is 0 Å². The van der Waals surface area contributed by atoms with E-state index < -0.39 is 6.10 Å². The number of hydrogen-bond acceptors (Lipinski definition) is 6. The molecule has 5 unspecified atom stereocenters. The third kappa shape index (κ3) is 13.9. The van der Waals surface area contributed by atoms with Crippen molar-refractivity contribution in [2.24, 2.45) is 0 Å². The van der Waals surface area contributed by atoms with Crippen molar-refractivity contribution in [1.29, 1.82) is 0 Å². The third-order valence-electron chi connectivity index (χ3n) is 3.29. The van der Waals surface area contributed by atoms with Crippen molar-refractivity contribution in [3.8, 4) is 0 Å². The molecule has 5 atom stereocenters. The molecular weight excluding hydrogens is 300 g/mol. The van der Waals surface area contributed by atoms with Gasteiger partial charge in [-0.3, -0.25) is 0 Å². The predicted octanol–water partition coefficient (Wildman–Crippen LogP) is 2.02. The van der Waals surface area contributed by atoms with Gasteiger partial charge >= 0.3 is 0 Å². The molecule has 0 aromatic rings. The van der Waals surface area contributed by atoms with Crippen LogP contribution in [0.3, 0.4) is 0 Å². The zero-order valence-corrected chi connectivity index (χ0v) is 15.6. The molecule has 0 aromatic heterocycles. The molecule has 23 heavy (non-hydrogen) atoms. The van der Waals surface area contributed by atoms with Gasteiger partial charge in [0, 0.05) is 7.11 Å². The molecule has 0 amide bonds. The molecule has 1 N–H and O–H groups in total. The van der Waals surface area contributed by atoms with Crippen LogP contribution in [0.5, 0.6) is 0 Å². The maximum Gasteiger partial charge on any atom is 0.0781 e. The smallest absolute Gasteiger partial charge is 0.0781 e. The maximum atomic E-state index is 9.45. The average molecular weight is 336 g/mol. The van der Waals surface area contributed by atoms with Crippen molar-refractivity contribution in [2.75, 3.05) is 40.1 Å². The number of methoxy groups -OCH3 is 1. The lowest BCUT2D eigenvalue weighted by Gasteiger charge is -2.21. The van der Waals surface area contributed by atoms with Crippen molar-refractivity contribution in [3.63, 3.8) is 0 Å². The van der Waals surface area contributed by atoms with Gasteiger partial charge in [0.25, 0.3) is 0 Å². The number of rotatable bonds is 15. The first kappa shape index (κ1) is 22.8. The summed E-state index contributed by atoms with van der Waals surface area (Å²) in [6.07, 6.45) is 0.301.